The van der Waals surface area contributed by atoms with E-state index in [9.17, 15) is 19.7 Å². The summed E-state index contributed by atoms with van der Waals surface area (Å²) in [4.78, 5) is 33.2. The number of carbonyl (C=O) groups is 2. The van der Waals surface area contributed by atoms with Gasteiger partial charge in [0.2, 0.25) is 0 Å². The van der Waals surface area contributed by atoms with Crippen molar-refractivity contribution in [2.75, 3.05) is 0 Å². The summed E-state index contributed by atoms with van der Waals surface area (Å²) in [6.45, 7) is 3.33. The van der Waals surface area contributed by atoms with E-state index in [1.807, 2.05) is 22.6 Å². The molecule has 0 heterocycles. The van der Waals surface area contributed by atoms with E-state index in [0.717, 1.165) is 6.07 Å². The van der Waals surface area contributed by atoms with Crippen molar-refractivity contribution in [1.29, 1.82) is 0 Å². The second-order valence-electron chi connectivity index (χ2n) is 4.45. The summed E-state index contributed by atoms with van der Waals surface area (Å²) in [6, 6.07) is 2.82. The number of aliphatic carboxylic acids is 1. The number of nitro benzene ring substituents is 1. The summed E-state index contributed by atoms with van der Waals surface area (Å²) >= 11 is 1.87. The fourth-order valence-electron chi connectivity index (χ4n) is 1.53. The predicted octanol–water partition coefficient (Wildman–Crippen LogP) is 2.04. The molecule has 0 unspecified atom stereocenters. The monoisotopic (exact) mass is 392 g/mol. The molecule has 0 saturated carbocycles. The molecular weight excluding hydrogens is 379 g/mol. The number of rotatable bonds is 5. The summed E-state index contributed by atoms with van der Waals surface area (Å²) < 4.78 is 0.513. The van der Waals surface area contributed by atoms with Gasteiger partial charge < -0.3 is 10.4 Å². The Balaban J connectivity index is 3.05. The van der Waals surface area contributed by atoms with Gasteiger partial charge in [-0.25, -0.2) is 4.79 Å². The Labute approximate surface area is 128 Å². The summed E-state index contributed by atoms with van der Waals surface area (Å²) in [5.74, 6) is -2.08. The molecule has 0 aliphatic heterocycles. The van der Waals surface area contributed by atoms with E-state index >= 15 is 0 Å². The van der Waals surface area contributed by atoms with Crippen LogP contribution in [0, 0.1) is 19.6 Å². The molecule has 1 rings (SSSR count). The zero-order valence-electron chi connectivity index (χ0n) is 10.8. The van der Waals surface area contributed by atoms with Crippen molar-refractivity contribution in [3.05, 3.63) is 37.4 Å². The Bertz CT molecular complexity index is 559. The Morgan fingerprint density at radius 2 is 2.00 bits per heavy atom. The van der Waals surface area contributed by atoms with Crippen molar-refractivity contribution in [3.63, 3.8) is 0 Å². The lowest BCUT2D eigenvalue weighted by Gasteiger charge is -2.18. The van der Waals surface area contributed by atoms with E-state index in [-0.39, 0.29) is 17.2 Å². The number of nitrogens with zero attached hydrogens (tertiary/aromatic N) is 1. The van der Waals surface area contributed by atoms with E-state index < -0.39 is 22.8 Å². The van der Waals surface area contributed by atoms with Gasteiger partial charge in [-0.3, -0.25) is 14.9 Å². The summed E-state index contributed by atoms with van der Waals surface area (Å²) in [5.41, 5.74) is -0.126. The number of hydrogen-bond donors (Lipinski definition) is 2. The Hall–Kier alpha value is -1.71. The van der Waals surface area contributed by atoms with Crippen molar-refractivity contribution in [3.8, 4) is 0 Å². The van der Waals surface area contributed by atoms with E-state index in [2.05, 4.69) is 5.32 Å². The zero-order valence-corrected chi connectivity index (χ0v) is 12.9. The van der Waals surface area contributed by atoms with Crippen molar-refractivity contribution in [2.45, 2.75) is 19.9 Å². The molecule has 20 heavy (non-hydrogen) atoms. The Morgan fingerprint density at radius 3 is 2.45 bits per heavy atom. The van der Waals surface area contributed by atoms with Gasteiger partial charge in [0.25, 0.3) is 11.6 Å². The van der Waals surface area contributed by atoms with Gasteiger partial charge in [0.1, 0.15) is 6.04 Å². The molecule has 0 aromatic heterocycles. The number of amides is 1. The Morgan fingerprint density at radius 1 is 1.40 bits per heavy atom. The molecule has 0 fully saturated rings. The van der Waals surface area contributed by atoms with Gasteiger partial charge >= 0.3 is 5.97 Å². The smallest absolute Gasteiger partial charge is 0.326 e. The molecule has 7 nitrogen and oxygen atoms in total. The van der Waals surface area contributed by atoms with Gasteiger partial charge in [-0.15, -0.1) is 0 Å². The minimum absolute atomic E-state index is 0.0895. The normalized spacial score (nSPS) is 12.0. The summed E-state index contributed by atoms with van der Waals surface area (Å²) in [7, 11) is 0. The standard InChI is InChI=1S/C12H13IN2O5/c1-6(2)10(12(17)18)14-11(16)8-5-7(15(19)20)3-4-9(8)13/h3-6,10H,1-2H3,(H,14,16)(H,17,18)/t10-/m0/s1. The van der Waals surface area contributed by atoms with E-state index in [1.165, 1.54) is 12.1 Å². The lowest BCUT2D eigenvalue weighted by atomic mass is 10.0. The van der Waals surface area contributed by atoms with Crippen molar-refractivity contribution >= 4 is 40.2 Å². The molecule has 1 aromatic rings. The van der Waals surface area contributed by atoms with Crippen LogP contribution in [0.5, 0.6) is 0 Å². The number of benzene rings is 1. The first kappa shape index (κ1) is 16.3. The van der Waals surface area contributed by atoms with Gasteiger partial charge in [-0.05, 0) is 34.6 Å². The molecule has 0 saturated heterocycles. The van der Waals surface area contributed by atoms with Crippen LogP contribution in [-0.4, -0.2) is 27.9 Å². The highest BCUT2D eigenvalue weighted by molar-refractivity contribution is 14.1. The number of non-ortho nitro benzene ring substituents is 1. The predicted molar refractivity (Wildman–Crippen MR) is 79.5 cm³/mol. The molecule has 0 radical (unpaired) electrons. The maximum Gasteiger partial charge on any atom is 0.326 e. The second kappa shape index (κ2) is 6.64. The van der Waals surface area contributed by atoms with Crippen LogP contribution < -0.4 is 5.32 Å². The lowest BCUT2D eigenvalue weighted by molar-refractivity contribution is -0.384. The zero-order chi connectivity index (χ0) is 15.4. The van der Waals surface area contributed by atoms with Crippen molar-refractivity contribution < 1.29 is 19.6 Å². The highest BCUT2D eigenvalue weighted by Gasteiger charge is 2.25. The van der Waals surface area contributed by atoms with Crippen LogP contribution in [0.4, 0.5) is 5.69 Å². The van der Waals surface area contributed by atoms with E-state index in [4.69, 9.17) is 5.11 Å². The summed E-state index contributed by atoms with van der Waals surface area (Å²) in [5, 5.41) is 22.1. The molecule has 0 bridgehead atoms. The second-order valence-corrected chi connectivity index (χ2v) is 5.62. The number of carboxylic acid groups (broad SMARTS) is 1. The molecule has 1 atom stereocenters. The molecular formula is C12H13IN2O5. The van der Waals surface area contributed by atoms with Gasteiger partial charge in [-0.2, -0.15) is 0 Å². The van der Waals surface area contributed by atoms with Crippen LogP contribution in [0.1, 0.15) is 24.2 Å². The van der Waals surface area contributed by atoms with Crippen LogP contribution in [0.2, 0.25) is 0 Å². The van der Waals surface area contributed by atoms with Gasteiger partial charge in [0.05, 0.1) is 10.5 Å². The molecule has 0 spiro atoms. The first-order valence-electron chi connectivity index (χ1n) is 5.71. The third-order valence-electron chi connectivity index (χ3n) is 2.62. The summed E-state index contributed by atoms with van der Waals surface area (Å²) in [6.07, 6.45) is 0. The lowest BCUT2D eigenvalue weighted by Crippen LogP contribution is -2.44. The molecule has 1 aromatic carbocycles. The van der Waals surface area contributed by atoms with Crippen LogP contribution in [0.3, 0.4) is 0 Å². The largest absolute Gasteiger partial charge is 0.480 e. The maximum absolute atomic E-state index is 12.1. The number of halogens is 1. The van der Waals surface area contributed by atoms with Crippen molar-refractivity contribution in [1.82, 2.24) is 5.32 Å². The number of hydrogen-bond acceptors (Lipinski definition) is 4. The average molecular weight is 392 g/mol. The number of nitro groups is 1. The molecule has 108 valence electrons. The third kappa shape index (κ3) is 3.89. The number of carboxylic acids is 1. The van der Waals surface area contributed by atoms with Crippen LogP contribution in [0.15, 0.2) is 18.2 Å². The van der Waals surface area contributed by atoms with Crippen LogP contribution in [-0.2, 0) is 4.79 Å². The van der Waals surface area contributed by atoms with E-state index in [0.29, 0.717) is 3.57 Å². The SMILES string of the molecule is CC(C)[C@H](NC(=O)c1cc([N+](=O)[O-])ccc1I)C(=O)O. The van der Waals surface area contributed by atoms with Crippen LogP contribution >= 0.6 is 22.6 Å². The molecule has 8 heteroatoms. The van der Waals surface area contributed by atoms with E-state index in [1.54, 1.807) is 13.8 Å². The minimum Gasteiger partial charge on any atom is -0.480 e. The molecule has 1 amide bonds. The quantitative estimate of drug-likeness (QED) is 0.453. The maximum atomic E-state index is 12.1. The minimum atomic E-state index is -1.14. The number of nitrogens with one attached hydrogen (secondary N) is 1. The van der Waals surface area contributed by atoms with Crippen LogP contribution in [0.25, 0.3) is 0 Å². The van der Waals surface area contributed by atoms with Gasteiger partial charge in [0, 0.05) is 15.7 Å². The highest BCUT2D eigenvalue weighted by Crippen LogP contribution is 2.20. The fraction of sp³-hybridized carbons (Fsp3) is 0.333. The molecule has 2 N–H and O–H groups in total. The highest BCUT2D eigenvalue weighted by atomic mass is 127. The topological polar surface area (TPSA) is 110 Å². The first-order valence-corrected chi connectivity index (χ1v) is 6.79. The fourth-order valence-corrected chi connectivity index (χ4v) is 2.11. The van der Waals surface area contributed by atoms with Crippen molar-refractivity contribution in [2.24, 2.45) is 5.92 Å². The van der Waals surface area contributed by atoms with Gasteiger partial charge in [-0.1, -0.05) is 13.8 Å². The first-order chi connectivity index (χ1) is 9.23. The molecule has 0 aliphatic rings. The average Bonchev–Trinajstić information content (AvgIpc) is 2.34. The third-order valence-corrected chi connectivity index (χ3v) is 3.57. The van der Waals surface area contributed by atoms with Gasteiger partial charge in [0.15, 0.2) is 0 Å². The molecule has 0 aliphatic carbocycles. The number of carbonyl (C=O) groups excluding carboxylic acids is 1. The Kier molecular flexibility index (Phi) is 5.43.